The molecule has 2 rings (SSSR count). The number of hydrazine groups is 1. The Morgan fingerprint density at radius 1 is 1.10 bits per heavy atom. The Bertz CT molecular complexity index is 963. The van der Waals surface area contributed by atoms with E-state index in [1.165, 1.54) is 37.4 Å². The number of esters is 1. The lowest BCUT2D eigenvalue weighted by Crippen LogP contribution is -2.30. The molecule has 2 N–H and O–H groups in total. The molecule has 0 radical (unpaired) electrons. The lowest BCUT2D eigenvalue weighted by Gasteiger charge is -2.14. The summed E-state index contributed by atoms with van der Waals surface area (Å²) in [6.45, 7) is 0. The van der Waals surface area contributed by atoms with Crippen molar-refractivity contribution in [1.82, 2.24) is 5.43 Å². The van der Waals surface area contributed by atoms with Crippen molar-refractivity contribution in [3.8, 4) is 5.75 Å². The number of halogens is 4. The van der Waals surface area contributed by atoms with Gasteiger partial charge in [0.15, 0.2) is 0 Å². The van der Waals surface area contributed by atoms with Gasteiger partial charge in [-0.1, -0.05) is 17.7 Å². The summed E-state index contributed by atoms with van der Waals surface area (Å²) in [5.74, 6) is -2.06. The van der Waals surface area contributed by atoms with Gasteiger partial charge in [0.05, 0.1) is 31.0 Å². The fourth-order valence-corrected chi connectivity index (χ4v) is 2.35. The van der Waals surface area contributed by atoms with Gasteiger partial charge in [-0.05, 0) is 36.4 Å². The first-order valence-corrected chi connectivity index (χ1v) is 8.55. The number of rotatable bonds is 7. The number of benzene rings is 2. The molecule has 0 heterocycles. The fraction of sp³-hybridized carbons (Fsp3) is 0.158. The molecule has 2 aromatic rings. The maximum Gasteiger partial charge on any atom is 0.416 e. The summed E-state index contributed by atoms with van der Waals surface area (Å²) >= 11 is 5.92. The first kappa shape index (κ1) is 22.9. The van der Waals surface area contributed by atoms with Crippen molar-refractivity contribution in [3.05, 3.63) is 70.6 Å². The zero-order chi connectivity index (χ0) is 22.3. The van der Waals surface area contributed by atoms with Crippen LogP contribution < -0.4 is 15.6 Å². The molecular formula is C19H16ClF3N2O5. The number of anilines is 1. The van der Waals surface area contributed by atoms with Gasteiger partial charge >= 0.3 is 12.1 Å². The highest BCUT2D eigenvalue weighted by atomic mass is 35.5. The number of carbonyl (C=O) groups excluding carboxylic acids is 2. The van der Waals surface area contributed by atoms with Crippen LogP contribution in [-0.2, 0) is 20.4 Å². The summed E-state index contributed by atoms with van der Waals surface area (Å²) in [5, 5.41) is 0.182. The zero-order valence-electron chi connectivity index (χ0n) is 15.7. The highest BCUT2D eigenvalue weighted by molar-refractivity contribution is 6.31. The summed E-state index contributed by atoms with van der Waals surface area (Å²) in [5.41, 5.74) is 3.64. The van der Waals surface area contributed by atoms with E-state index in [9.17, 15) is 22.8 Å². The lowest BCUT2D eigenvalue weighted by atomic mass is 10.2. The third-order valence-corrected chi connectivity index (χ3v) is 3.76. The van der Waals surface area contributed by atoms with Gasteiger partial charge < -0.3 is 14.2 Å². The summed E-state index contributed by atoms with van der Waals surface area (Å²) < 4.78 is 53.1. The van der Waals surface area contributed by atoms with Gasteiger partial charge in [0.1, 0.15) is 12.0 Å². The molecule has 0 spiro atoms. The molecule has 0 saturated carbocycles. The van der Waals surface area contributed by atoms with Crippen molar-refractivity contribution in [1.29, 1.82) is 0 Å². The monoisotopic (exact) mass is 444 g/mol. The average molecular weight is 445 g/mol. The van der Waals surface area contributed by atoms with E-state index in [-0.39, 0.29) is 27.8 Å². The Hall–Kier alpha value is -3.40. The molecule has 0 aliphatic rings. The molecule has 0 aromatic heterocycles. The topological polar surface area (TPSA) is 85.9 Å². The number of amides is 1. The van der Waals surface area contributed by atoms with Crippen LogP contribution in [0.4, 0.5) is 18.9 Å². The van der Waals surface area contributed by atoms with Crippen molar-refractivity contribution in [2.75, 3.05) is 19.6 Å². The molecule has 7 nitrogen and oxygen atoms in total. The third kappa shape index (κ3) is 6.05. The fourth-order valence-electron chi connectivity index (χ4n) is 2.18. The van der Waals surface area contributed by atoms with E-state index in [4.69, 9.17) is 21.1 Å². The highest BCUT2D eigenvalue weighted by Crippen LogP contribution is 2.30. The van der Waals surface area contributed by atoms with E-state index in [2.05, 4.69) is 15.6 Å². The quantitative estimate of drug-likeness (QED) is 0.289. The van der Waals surface area contributed by atoms with E-state index >= 15 is 0 Å². The molecule has 11 heteroatoms. The molecule has 2 aromatic carbocycles. The minimum absolute atomic E-state index is 0.00259. The molecule has 0 atom stereocenters. The molecule has 1 amide bonds. The van der Waals surface area contributed by atoms with Gasteiger partial charge in [-0.3, -0.25) is 15.6 Å². The Kier molecular flexibility index (Phi) is 7.54. The molecular weight excluding hydrogens is 429 g/mol. The van der Waals surface area contributed by atoms with Crippen LogP contribution >= 0.6 is 11.6 Å². The van der Waals surface area contributed by atoms with Crippen LogP contribution in [0.15, 0.2) is 54.5 Å². The predicted octanol–water partition coefficient (Wildman–Crippen LogP) is 4.16. The number of methoxy groups -OCH3 is 2. The number of nitrogens with one attached hydrogen (secondary N) is 2. The maximum atomic E-state index is 12.8. The summed E-state index contributed by atoms with van der Waals surface area (Å²) in [6.07, 6.45) is -3.56. The van der Waals surface area contributed by atoms with Crippen LogP contribution in [0.25, 0.3) is 0 Å². The Morgan fingerprint density at radius 3 is 2.47 bits per heavy atom. The van der Waals surface area contributed by atoms with Crippen LogP contribution in [0, 0.1) is 0 Å². The number of ether oxygens (including phenoxy) is 3. The molecule has 0 bridgehead atoms. The van der Waals surface area contributed by atoms with Gasteiger partial charge in [-0.15, -0.1) is 0 Å². The van der Waals surface area contributed by atoms with Gasteiger partial charge in [0.2, 0.25) is 5.76 Å². The summed E-state index contributed by atoms with van der Waals surface area (Å²) in [6, 6.07) is 8.23. The van der Waals surface area contributed by atoms with Crippen molar-refractivity contribution in [2.45, 2.75) is 6.18 Å². The molecule has 0 fully saturated rings. The SMILES string of the molecule is COC=C(Oc1ccc(Cl)cc1C(=O)NNc1cccc(C(F)(F)F)c1)C(=O)OC. The second-order valence-electron chi connectivity index (χ2n) is 5.61. The first-order chi connectivity index (χ1) is 14.2. The minimum atomic E-state index is -4.53. The van der Waals surface area contributed by atoms with Crippen LogP contribution in [-0.4, -0.2) is 26.1 Å². The number of alkyl halides is 3. The minimum Gasteiger partial charge on any atom is -0.500 e. The van der Waals surface area contributed by atoms with Crippen LogP contribution in [0.3, 0.4) is 0 Å². The Morgan fingerprint density at radius 2 is 1.83 bits per heavy atom. The second-order valence-corrected chi connectivity index (χ2v) is 6.05. The van der Waals surface area contributed by atoms with Gasteiger partial charge in [0.25, 0.3) is 5.91 Å². The zero-order valence-corrected chi connectivity index (χ0v) is 16.4. The van der Waals surface area contributed by atoms with Crippen molar-refractivity contribution < 1.29 is 37.0 Å². The normalized spacial score (nSPS) is 11.5. The van der Waals surface area contributed by atoms with E-state index < -0.39 is 23.6 Å². The van der Waals surface area contributed by atoms with Gasteiger partial charge in [-0.2, -0.15) is 13.2 Å². The maximum absolute atomic E-state index is 12.8. The van der Waals surface area contributed by atoms with Gasteiger partial charge in [-0.25, -0.2) is 4.79 Å². The highest BCUT2D eigenvalue weighted by Gasteiger charge is 2.30. The molecule has 0 saturated heterocycles. The average Bonchev–Trinajstić information content (AvgIpc) is 2.71. The summed E-state index contributed by atoms with van der Waals surface area (Å²) in [4.78, 5) is 24.3. The largest absolute Gasteiger partial charge is 0.500 e. The standard InChI is InChI=1S/C19H16ClF3N2O5/c1-28-10-16(18(27)29-2)30-15-7-6-12(20)9-14(15)17(26)25-24-13-5-3-4-11(8-13)19(21,22)23/h3-10,24H,1-2H3,(H,25,26). The molecule has 30 heavy (non-hydrogen) atoms. The Labute approximate surface area is 174 Å². The lowest BCUT2D eigenvalue weighted by molar-refractivity contribution is -0.139. The van der Waals surface area contributed by atoms with E-state index in [0.717, 1.165) is 25.5 Å². The van der Waals surface area contributed by atoms with Crippen LogP contribution in [0.2, 0.25) is 5.02 Å². The summed E-state index contributed by atoms with van der Waals surface area (Å²) in [7, 11) is 2.41. The molecule has 0 unspecified atom stereocenters. The molecule has 0 aliphatic carbocycles. The number of hydrogen-bond donors (Lipinski definition) is 2. The smallest absolute Gasteiger partial charge is 0.416 e. The first-order valence-electron chi connectivity index (χ1n) is 8.18. The van der Waals surface area contributed by atoms with E-state index in [1.807, 2.05) is 0 Å². The third-order valence-electron chi connectivity index (χ3n) is 3.53. The molecule has 160 valence electrons. The molecule has 0 aliphatic heterocycles. The van der Waals surface area contributed by atoms with Crippen LogP contribution in [0.5, 0.6) is 5.75 Å². The Balaban J connectivity index is 2.23. The van der Waals surface area contributed by atoms with E-state index in [0.29, 0.717) is 0 Å². The van der Waals surface area contributed by atoms with Crippen molar-refractivity contribution in [2.24, 2.45) is 0 Å². The van der Waals surface area contributed by atoms with E-state index in [1.54, 1.807) is 0 Å². The number of hydrogen-bond acceptors (Lipinski definition) is 6. The van der Waals surface area contributed by atoms with Crippen molar-refractivity contribution >= 4 is 29.2 Å². The second kappa shape index (κ2) is 9.88. The predicted molar refractivity (Wildman–Crippen MR) is 102 cm³/mol. The van der Waals surface area contributed by atoms with Gasteiger partial charge in [0, 0.05) is 5.02 Å². The van der Waals surface area contributed by atoms with Crippen molar-refractivity contribution in [3.63, 3.8) is 0 Å². The van der Waals surface area contributed by atoms with Crippen LogP contribution in [0.1, 0.15) is 15.9 Å². The number of carbonyl (C=O) groups is 2.